The predicted molar refractivity (Wildman–Crippen MR) is 70.9 cm³/mol. The Hall–Kier alpha value is -1.52. The molecular formula is C14H19NO3. The van der Waals surface area contributed by atoms with Gasteiger partial charge in [-0.2, -0.15) is 0 Å². The van der Waals surface area contributed by atoms with Gasteiger partial charge < -0.3 is 19.6 Å². The molecule has 4 nitrogen and oxygen atoms in total. The molecule has 0 bridgehead atoms. The number of aliphatic hydroxyl groups is 1. The van der Waals surface area contributed by atoms with Gasteiger partial charge in [0, 0.05) is 11.9 Å². The van der Waals surface area contributed by atoms with Crippen molar-refractivity contribution in [1.82, 2.24) is 5.32 Å². The Morgan fingerprint density at radius 1 is 1.33 bits per heavy atom. The molecule has 98 valence electrons. The van der Waals surface area contributed by atoms with Gasteiger partial charge >= 0.3 is 0 Å². The second-order valence-electron chi connectivity index (χ2n) is 4.51. The zero-order valence-electron chi connectivity index (χ0n) is 10.9. The molecule has 0 saturated carbocycles. The highest BCUT2D eigenvalue weighted by molar-refractivity contribution is 5.79. The van der Waals surface area contributed by atoms with E-state index in [0.29, 0.717) is 5.76 Å². The predicted octanol–water partition coefficient (Wildman–Crippen LogP) is 2.47. The van der Waals surface area contributed by atoms with Crippen molar-refractivity contribution in [1.29, 1.82) is 0 Å². The van der Waals surface area contributed by atoms with Gasteiger partial charge in [0.2, 0.25) is 0 Å². The fourth-order valence-corrected chi connectivity index (χ4v) is 1.88. The van der Waals surface area contributed by atoms with Crippen LogP contribution in [0.4, 0.5) is 0 Å². The quantitative estimate of drug-likeness (QED) is 0.854. The van der Waals surface area contributed by atoms with Crippen LogP contribution in [0.3, 0.4) is 0 Å². The number of likely N-dealkylation sites (N-methyl/N-ethyl adjacent to an activating group) is 1. The first-order valence-electron chi connectivity index (χ1n) is 6.13. The minimum Gasteiger partial charge on any atom is -0.489 e. The summed E-state index contributed by atoms with van der Waals surface area (Å²) in [6.07, 6.45) is -0.486. The summed E-state index contributed by atoms with van der Waals surface area (Å²) < 4.78 is 11.3. The van der Waals surface area contributed by atoms with Crippen molar-refractivity contribution < 1.29 is 14.3 Å². The fraction of sp³-hybridized carbons (Fsp3) is 0.429. The summed E-state index contributed by atoms with van der Waals surface area (Å²) >= 11 is 0. The van der Waals surface area contributed by atoms with E-state index in [1.165, 1.54) is 0 Å². The molecule has 2 atom stereocenters. The molecule has 18 heavy (non-hydrogen) atoms. The van der Waals surface area contributed by atoms with E-state index in [9.17, 15) is 5.11 Å². The lowest BCUT2D eigenvalue weighted by atomic mass is 10.2. The molecule has 0 amide bonds. The van der Waals surface area contributed by atoms with Crippen LogP contribution in [0.5, 0.6) is 5.75 Å². The lowest BCUT2D eigenvalue weighted by molar-refractivity contribution is 0.172. The Labute approximate surface area is 107 Å². The Morgan fingerprint density at radius 3 is 2.78 bits per heavy atom. The summed E-state index contributed by atoms with van der Waals surface area (Å²) in [5.41, 5.74) is 0.763. The van der Waals surface area contributed by atoms with Crippen LogP contribution >= 0.6 is 0 Å². The molecule has 1 aromatic carbocycles. The van der Waals surface area contributed by atoms with Crippen molar-refractivity contribution in [2.75, 3.05) is 13.6 Å². The molecular weight excluding hydrogens is 230 g/mol. The molecule has 0 spiro atoms. The van der Waals surface area contributed by atoms with E-state index in [-0.39, 0.29) is 6.10 Å². The van der Waals surface area contributed by atoms with Gasteiger partial charge in [-0.15, -0.1) is 0 Å². The van der Waals surface area contributed by atoms with Crippen LogP contribution in [0.2, 0.25) is 0 Å². The van der Waals surface area contributed by atoms with E-state index >= 15 is 0 Å². The van der Waals surface area contributed by atoms with Crippen LogP contribution in [0.25, 0.3) is 11.0 Å². The van der Waals surface area contributed by atoms with E-state index in [0.717, 1.165) is 23.3 Å². The normalized spacial score (nSPS) is 14.7. The van der Waals surface area contributed by atoms with Crippen LogP contribution in [0.15, 0.2) is 28.7 Å². The first kappa shape index (κ1) is 12.9. The maximum Gasteiger partial charge on any atom is 0.134 e. The minimum absolute atomic E-state index is 0.107. The highest BCUT2D eigenvalue weighted by Gasteiger charge is 2.10. The van der Waals surface area contributed by atoms with Crippen molar-refractivity contribution in [3.05, 3.63) is 30.0 Å². The lowest BCUT2D eigenvalue weighted by Crippen LogP contribution is -2.25. The number of furan rings is 1. The van der Waals surface area contributed by atoms with E-state index in [2.05, 4.69) is 5.32 Å². The number of aliphatic hydroxyl groups excluding tert-OH is 1. The molecule has 0 aliphatic rings. The Balaban J connectivity index is 2.21. The van der Waals surface area contributed by atoms with E-state index < -0.39 is 6.10 Å². The summed E-state index contributed by atoms with van der Waals surface area (Å²) in [6.45, 7) is 4.49. The molecule has 0 aliphatic heterocycles. The Kier molecular flexibility index (Phi) is 3.89. The number of hydrogen-bond acceptors (Lipinski definition) is 4. The highest BCUT2D eigenvalue weighted by atomic mass is 16.5. The van der Waals surface area contributed by atoms with Crippen LogP contribution in [-0.2, 0) is 0 Å². The summed E-state index contributed by atoms with van der Waals surface area (Å²) in [6, 6.07) is 7.51. The third kappa shape index (κ3) is 2.83. The number of fused-ring (bicyclic) bond motifs is 1. The summed E-state index contributed by atoms with van der Waals surface area (Å²) in [7, 11) is 1.90. The number of hydrogen-bond donors (Lipinski definition) is 2. The van der Waals surface area contributed by atoms with Crippen molar-refractivity contribution >= 4 is 11.0 Å². The van der Waals surface area contributed by atoms with Crippen LogP contribution < -0.4 is 10.1 Å². The van der Waals surface area contributed by atoms with Gasteiger partial charge in [0.25, 0.3) is 0 Å². The Bertz CT molecular complexity index is 519. The summed E-state index contributed by atoms with van der Waals surface area (Å²) in [5, 5.41) is 13.5. The zero-order chi connectivity index (χ0) is 13.1. The van der Waals surface area contributed by atoms with Gasteiger partial charge in [0.05, 0.1) is 0 Å². The van der Waals surface area contributed by atoms with Crippen molar-refractivity contribution in [2.45, 2.75) is 26.1 Å². The third-order valence-corrected chi connectivity index (χ3v) is 2.75. The van der Waals surface area contributed by atoms with Crippen molar-refractivity contribution in [3.63, 3.8) is 0 Å². The first-order chi connectivity index (χ1) is 8.60. The van der Waals surface area contributed by atoms with Crippen LogP contribution in [-0.4, -0.2) is 24.8 Å². The molecule has 2 N–H and O–H groups in total. The molecule has 1 aromatic heterocycles. The van der Waals surface area contributed by atoms with Crippen LogP contribution in [0.1, 0.15) is 25.7 Å². The molecule has 0 radical (unpaired) electrons. The second-order valence-corrected chi connectivity index (χ2v) is 4.51. The third-order valence-electron chi connectivity index (χ3n) is 2.75. The van der Waals surface area contributed by atoms with Gasteiger partial charge in [0.1, 0.15) is 29.3 Å². The van der Waals surface area contributed by atoms with E-state index in [4.69, 9.17) is 9.15 Å². The monoisotopic (exact) mass is 249 g/mol. The molecule has 1 heterocycles. The van der Waals surface area contributed by atoms with E-state index in [1.54, 1.807) is 6.92 Å². The fourth-order valence-electron chi connectivity index (χ4n) is 1.88. The summed E-state index contributed by atoms with van der Waals surface area (Å²) in [4.78, 5) is 0. The molecule has 2 rings (SSSR count). The maximum atomic E-state index is 9.48. The smallest absolute Gasteiger partial charge is 0.134 e. The maximum absolute atomic E-state index is 9.48. The highest BCUT2D eigenvalue weighted by Crippen LogP contribution is 2.27. The van der Waals surface area contributed by atoms with Crippen molar-refractivity contribution in [2.24, 2.45) is 0 Å². The minimum atomic E-state index is -0.593. The van der Waals surface area contributed by atoms with Gasteiger partial charge in [-0.1, -0.05) is 0 Å². The SMILES string of the molecule is CNC[C@H](C)Oc1ccc2oc(C(C)O)cc2c1. The second kappa shape index (κ2) is 5.42. The standard InChI is InChI=1S/C14H19NO3/c1-9(8-15-3)17-12-4-5-13-11(6-12)7-14(18-13)10(2)16/h4-7,9-10,15-16H,8H2,1-3H3/t9-,10?/m0/s1. The average Bonchev–Trinajstić information content (AvgIpc) is 2.72. The van der Waals surface area contributed by atoms with Gasteiger partial charge in [-0.05, 0) is 45.2 Å². The molecule has 0 fully saturated rings. The first-order valence-corrected chi connectivity index (χ1v) is 6.13. The number of rotatable bonds is 5. The van der Waals surface area contributed by atoms with Gasteiger partial charge in [-0.3, -0.25) is 0 Å². The average molecular weight is 249 g/mol. The molecule has 0 saturated heterocycles. The van der Waals surface area contributed by atoms with Crippen LogP contribution in [0, 0.1) is 0 Å². The number of ether oxygens (including phenoxy) is 1. The Morgan fingerprint density at radius 2 is 2.11 bits per heavy atom. The molecule has 2 aromatic rings. The lowest BCUT2D eigenvalue weighted by Gasteiger charge is -2.13. The molecule has 0 aliphatic carbocycles. The van der Waals surface area contributed by atoms with Gasteiger partial charge in [0.15, 0.2) is 0 Å². The van der Waals surface area contributed by atoms with Crippen molar-refractivity contribution in [3.8, 4) is 5.75 Å². The number of benzene rings is 1. The van der Waals surface area contributed by atoms with E-state index in [1.807, 2.05) is 38.2 Å². The zero-order valence-corrected chi connectivity index (χ0v) is 10.9. The summed E-state index contributed by atoms with van der Waals surface area (Å²) in [5.74, 6) is 1.38. The number of nitrogens with one attached hydrogen (secondary N) is 1. The topological polar surface area (TPSA) is 54.6 Å². The molecule has 4 heteroatoms. The largest absolute Gasteiger partial charge is 0.489 e. The van der Waals surface area contributed by atoms with Gasteiger partial charge in [-0.25, -0.2) is 0 Å². The molecule has 1 unspecified atom stereocenters.